The molecule has 0 saturated carbocycles. The van der Waals surface area contributed by atoms with E-state index in [2.05, 4.69) is 252 Å². The summed E-state index contributed by atoms with van der Waals surface area (Å²) >= 11 is 0. The van der Waals surface area contributed by atoms with Gasteiger partial charge in [-0.05, 0) is 120 Å². The molecule has 0 saturated heterocycles. The maximum atomic E-state index is 3.89. The van der Waals surface area contributed by atoms with E-state index in [1.165, 1.54) is 87.9 Å². The molecule has 63 heavy (non-hydrogen) atoms. The van der Waals surface area contributed by atoms with Gasteiger partial charge in [-0.25, -0.2) is 0 Å². The lowest BCUT2D eigenvalue weighted by Crippen LogP contribution is -2.39. The quantitative estimate of drug-likeness (QED) is 0.168. The number of hydrogen-bond acceptors (Lipinski definition) is 2. The predicted molar refractivity (Wildman–Crippen MR) is 265 cm³/mol. The fourth-order valence-corrected chi connectivity index (χ4v) is 9.65. The van der Waals surface area contributed by atoms with Crippen molar-refractivity contribution in [1.29, 1.82) is 0 Å². The molecule has 0 radical (unpaired) electrons. The Bertz CT molecular complexity index is 3490. The monoisotopic (exact) mass is 805 g/mol. The molecular weight excluding hydrogens is 763 g/mol. The third-order valence-electron chi connectivity index (χ3n) is 12.9. The summed E-state index contributed by atoms with van der Waals surface area (Å²) in [6, 6.07) is 83.9. The van der Waals surface area contributed by atoms with E-state index in [-0.39, 0.29) is 12.2 Å². The zero-order valence-electron chi connectivity index (χ0n) is 34.6. The smallest absolute Gasteiger partial charge is 0.104 e. The van der Waals surface area contributed by atoms with Crippen molar-refractivity contribution in [1.82, 2.24) is 15.2 Å². The molecule has 1 aliphatic rings. The number of aromatic nitrogens is 1. The van der Waals surface area contributed by atoms with E-state index in [0.717, 1.165) is 16.9 Å². The molecule has 298 valence electrons. The molecule has 1 aromatic heterocycles. The second-order valence-corrected chi connectivity index (χ2v) is 16.6. The van der Waals surface area contributed by atoms with Crippen LogP contribution in [-0.4, -0.2) is 4.57 Å². The molecule has 2 atom stereocenters. The molecule has 10 aromatic carbocycles. The first kappa shape index (κ1) is 36.8. The van der Waals surface area contributed by atoms with Crippen LogP contribution in [0.4, 0.5) is 0 Å². The molecule has 2 heterocycles. The number of benzene rings is 10. The highest BCUT2D eigenvalue weighted by molar-refractivity contribution is 6.12. The van der Waals surface area contributed by atoms with E-state index < -0.39 is 0 Å². The first-order valence-electron chi connectivity index (χ1n) is 21.8. The Kier molecular flexibility index (Phi) is 9.06. The maximum absolute atomic E-state index is 3.89. The van der Waals surface area contributed by atoms with Crippen LogP contribution in [-0.2, 0) is 0 Å². The summed E-state index contributed by atoms with van der Waals surface area (Å²) in [5.41, 5.74) is 15.5. The van der Waals surface area contributed by atoms with E-state index in [1.54, 1.807) is 0 Å². The van der Waals surface area contributed by atoms with Gasteiger partial charge in [-0.2, -0.15) is 0 Å². The first-order valence-corrected chi connectivity index (χ1v) is 21.8. The summed E-state index contributed by atoms with van der Waals surface area (Å²) in [4.78, 5) is 0. The molecule has 0 aliphatic carbocycles. The van der Waals surface area contributed by atoms with E-state index in [9.17, 15) is 0 Å². The Balaban J connectivity index is 0.894. The van der Waals surface area contributed by atoms with Crippen LogP contribution in [0.15, 0.2) is 237 Å². The lowest BCUT2D eigenvalue weighted by atomic mass is 9.94. The van der Waals surface area contributed by atoms with E-state index >= 15 is 0 Å². The molecule has 3 nitrogen and oxygen atoms in total. The molecule has 0 bridgehead atoms. The molecular formula is C60H43N3. The van der Waals surface area contributed by atoms with E-state index in [0.29, 0.717) is 0 Å². The summed E-state index contributed by atoms with van der Waals surface area (Å²) in [6.45, 7) is 0. The van der Waals surface area contributed by atoms with Crippen LogP contribution < -0.4 is 10.6 Å². The molecule has 2 unspecified atom stereocenters. The Hall–Kier alpha value is -7.98. The maximum Gasteiger partial charge on any atom is 0.104 e. The van der Waals surface area contributed by atoms with Crippen LogP contribution in [0.3, 0.4) is 0 Å². The SMILES string of the molecule is C1=C(c2ccc(-c3ccc(-n4c5ccc(-c6ccccc6)cc5c5cc(-c6ccc7ccccc7c6)ccc54)cc3)cc2)NC(c2ccccc2)NC1c1cccc2ccccc12. The predicted octanol–water partition coefficient (Wildman–Crippen LogP) is 15.1. The van der Waals surface area contributed by atoms with Gasteiger partial charge in [0, 0.05) is 22.2 Å². The molecule has 1 aliphatic heterocycles. The van der Waals surface area contributed by atoms with Gasteiger partial charge in [0.2, 0.25) is 0 Å². The van der Waals surface area contributed by atoms with Gasteiger partial charge in [-0.15, -0.1) is 0 Å². The van der Waals surface area contributed by atoms with Crippen LogP contribution in [0.5, 0.6) is 0 Å². The zero-order valence-corrected chi connectivity index (χ0v) is 34.6. The van der Waals surface area contributed by atoms with Gasteiger partial charge >= 0.3 is 0 Å². The number of rotatable bonds is 7. The van der Waals surface area contributed by atoms with Crippen LogP contribution >= 0.6 is 0 Å². The minimum absolute atomic E-state index is 0.0285. The van der Waals surface area contributed by atoms with Crippen molar-refractivity contribution in [2.24, 2.45) is 0 Å². The van der Waals surface area contributed by atoms with Gasteiger partial charge < -0.3 is 9.88 Å². The summed E-state index contributed by atoms with van der Waals surface area (Å²) in [5.74, 6) is 0. The Morgan fingerprint density at radius 1 is 0.349 bits per heavy atom. The largest absolute Gasteiger partial charge is 0.366 e. The van der Waals surface area contributed by atoms with Crippen LogP contribution in [0.25, 0.3) is 88.1 Å². The molecule has 11 aromatic rings. The van der Waals surface area contributed by atoms with Gasteiger partial charge in [0.1, 0.15) is 6.17 Å². The van der Waals surface area contributed by atoms with Crippen molar-refractivity contribution in [2.75, 3.05) is 0 Å². The molecule has 0 spiro atoms. The third kappa shape index (κ3) is 6.76. The van der Waals surface area contributed by atoms with E-state index in [1.807, 2.05) is 0 Å². The molecule has 0 fully saturated rings. The molecule has 3 heteroatoms. The number of hydrogen-bond donors (Lipinski definition) is 2. The molecule has 2 N–H and O–H groups in total. The van der Waals surface area contributed by atoms with Crippen LogP contribution in [0.2, 0.25) is 0 Å². The van der Waals surface area contributed by atoms with Crippen LogP contribution in [0.1, 0.15) is 28.9 Å². The highest BCUT2D eigenvalue weighted by Crippen LogP contribution is 2.39. The zero-order chi connectivity index (χ0) is 41.7. The minimum Gasteiger partial charge on any atom is -0.366 e. The average molecular weight is 806 g/mol. The van der Waals surface area contributed by atoms with Crippen molar-refractivity contribution >= 4 is 49.0 Å². The third-order valence-corrected chi connectivity index (χ3v) is 12.9. The second-order valence-electron chi connectivity index (χ2n) is 16.6. The van der Waals surface area contributed by atoms with Gasteiger partial charge in [-0.1, -0.05) is 188 Å². The standard InChI is InChI=1S/C60H43N3/c1-3-12-40(13-4-1)49-30-34-58-54(37-49)55-38-50(48-27-24-41-14-7-8-18-47(41)36-48)31-35-59(55)63(58)51-32-28-43(29-33-51)42-22-25-45(26-23-42)56-39-57(62-60(61-56)46-16-5-2-6-17-46)53-21-11-19-44-15-9-10-20-52(44)53/h1-39,57,60-62H. The number of fused-ring (bicyclic) bond motifs is 5. The molecule has 12 rings (SSSR count). The van der Waals surface area contributed by atoms with Gasteiger partial charge in [-0.3, -0.25) is 5.32 Å². The number of nitrogens with one attached hydrogen (secondary N) is 2. The van der Waals surface area contributed by atoms with Gasteiger partial charge in [0.25, 0.3) is 0 Å². The highest BCUT2D eigenvalue weighted by Gasteiger charge is 2.25. The van der Waals surface area contributed by atoms with Crippen LogP contribution in [0, 0.1) is 0 Å². The Morgan fingerprint density at radius 3 is 1.60 bits per heavy atom. The Morgan fingerprint density at radius 2 is 0.873 bits per heavy atom. The van der Waals surface area contributed by atoms with Gasteiger partial charge in [0.15, 0.2) is 0 Å². The fraction of sp³-hybridized carbons (Fsp3) is 0.0333. The van der Waals surface area contributed by atoms with Crippen molar-refractivity contribution in [3.8, 4) is 39.1 Å². The molecule has 0 amide bonds. The lowest BCUT2D eigenvalue weighted by Gasteiger charge is -2.33. The fourth-order valence-electron chi connectivity index (χ4n) is 9.65. The normalized spacial score (nSPS) is 15.1. The average Bonchev–Trinajstić information content (AvgIpc) is 3.69. The minimum atomic E-state index is -0.0431. The Labute approximate surface area is 367 Å². The second kappa shape index (κ2) is 15.5. The summed E-state index contributed by atoms with van der Waals surface area (Å²) in [6.07, 6.45) is 2.29. The van der Waals surface area contributed by atoms with Crippen molar-refractivity contribution in [3.63, 3.8) is 0 Å². The van der Waals surface area contributed by atoms with Crippen molar-refractivity contribution in [2.45, 2.75) is 12.2 Å². The summed E-state index contributed by atoms with van der Waals surface area (Å²) in [5, 5.41) is 15.2. The summed E-state index contributed by atoms with van der Waals surface area (Å²) < 4.78 is 2.42. The summed E-state index contributed by atoms with van der Waals surface area (Å²) in [7, 11) is 0. The number of nitrogens with zero attached hydrogens (tertiary/aromatic N) is 1. The van der Waals surface area contributed by atoms with Crippen molar-refractivity contribution < 1.29 is 0 Å². The topological polar surface area (TPSA) is 29.0 Å². The lowest BCUT2D eigenvalue weighted by molar-refractivity contribution is 0.444. The van der Waals surface area contributed by atoms with E-state index in [4.69, 9.17) is 0 Å². The van der Waals surface area contributed by atoms with Gasteiger partial charge in [0.05, 0.1) is 17.1 Å². The van der Waals surface area contributed by atoms with Crippen molar-refractivity contribution in [3.05, 3.63) is 253 Å². The first-order chi connectivity index (χ1) is 31.2. The highest BCUT2D eigenvalue weighted by atomic mass is 15.2.